The largest absolute Gasteiger partial charge is 0.366 e. The average Bonchev–Trinajstić information content (AvgIpc) is 2.92. The monoisotopic (exact) mass is 261 g/mol. The fourth-order valence-corrected chi connectivity index (χ4v) is 2.45. The summed E-state index contributed by atoms with van der Waals surface area (Å²) in [5.74, 6) is 0.0141. The minimum Gasteiger partial charge on any atom is -0.366 e. The van der Waals surface area contributed by atoms with Crippen molar-refractivity contribution in [2.24, 2.45) is 11.7 Å². The van der Waals surface area contributed by atoms with Gasteiger partial charge in [0.25, 0.3) is 5.91 Å². The number of nitrogens with one attached hydrogen (secondary N) is 1. The Bertz CT molecular complexity index is 450. The second-order valence-electron chi connectivity index (χ2n) is 4.99. The Hall–Kier alpha value is -1.91. The molecule has 0 aromatic carbocycles. The van der Waals surface area contributed by atoms with E-state index in [1.54, 1.807) is 0 Å². The zero-order chi connectivity index (χ0) is 13.7. The van der Waals surface area contributed by atoms with Crippen LogP contribution in [0.3, 0.4) is 0 Å². The molecule has 0 unspecified atom stereocenters. The van der Waals surface area contributed by atoms with Crippen molar-refractivity contribution < 1.29 is 9.59 Å². The molecule has 0 spiro atoms. The van der Waals surface area contributed by atoms with Crippen LogP contribution in [0, 0.1) is 5.92 Å². The molecule has 0 saturated heterocycles. The van der Waals surface area contributed by atoms with Crippen molar-refractivity contribution in [1.82, 2.24) is 10.3 Å². The van der Waals surface area contributed by atoms with Gasteiger partial charge in [0.2, 0.25) is 5.91 Å². The third-order valence-corrected chi connectivity index (χ3v) is 3.59. The van der Waals surface area contributed by atoms with Gasteiger partial charge in [-0.3, -0.25) is 14.6 Å². The number of nitrogens with two attached hydrogens (primary N) is 1. The zero-order valence-electron chi connectivity index (χ0n) is 10.9. The molecule has 0 radical (unpaired) electrons. The van der Waals surface area contributed by atoms with Crippen LogP contribution >= 0.6 is 0 Å². The molecule has 2 amide bonds. The molecule has 2 rings (SSSR count). The molecule has 1 aliphatic rings. The van der Waals surface area contributed by atoms with Crippen LogP contribution in [0.4, 0.5) is 0 Å². The molecule has 5 nitrogen and oxygen atoms in total. The summed E-state index contributed by atoms with van der Waals surface area (Å²) in [7, 11) is 0. The van der Waals surface area contributed by atoms with Gasteiger partial charge in [0.05, 0.1) is 5.56 Å². The van der Waals surface area contributed by atoms with Gasteiger partial charge in [-0.1, -0.05) is 25.7 Å². The van der Waals surface area contributed by atoms with Crippen LogP contribution in [-0.2, 0) is 0 Å². The first-order valence-corrected chi connectivity index (χ1v) is 6.71. The summed E-state index contributed by atoms with van der Waals surface area (Å²) in [6, 6.07) is 3.03. The number of primary amides is 1. The van der Waals surface area contributed by atoms with E-state index < -0.39 is 5.91 Å². The lowest BCUT2D eigenvalue weighted by Gasteiger charge is -2.09. The van der Waals surface area contributed by atoms with Crippen molar-refractivity contribution in [3.8, 4) is 0 Å². The second-order valence-corrected chi connectivity index (χ2v) is 4.99. The van der Waals surface area contributed by atoms with E-state index in [1.165, 1.54) is 44.0 Å². The van der Waals surface area contributed by atoms with Crippen molar-refractivity contribution in [1.29, 1.82) is 0 Å². The highest BCUT2D eigenvalue weighted by Gasteiger charge is 2.15. The summed E-state index contributed by atoms with van der Waals surface area (Å²) < 4.78 is 0. The molecule has 1 aromatic heterocycles. The lowest BCUT2D eigenvalue weighted by atomic mass is 10.0. The van der Waals surface area contributed by atoms with Crippen molar-refractivity contribution in [3.63, 3.8) is 0 Å². The molecule has 0 atom stereocenters. The summed E-state index contributed by atoms with van der Waals surface area (Å²) in [6.07, 6.45) is 7.55. The molecule has 19 heavy (non-hydrogen) atoms. The standard InChI is InChI=1S/C14H19N3O2/c15-13(18)11-5-6-12(17-9-11)14(19)16-8-7-10-3-1-2-4-10/h5-6,9-10H,1-4,7-8H2,(H2,15,18)(H,16,19). The van der Waals surface area contributed by atoms with E-state index in [9.17, 15) is 9.59 Å². The highest BCUT2D eigenvalue weighted by molar-refractivity contribution is 5.95. The SMILES string of the molecule is NC(=O)c1ccc(C(=O)NCCC2CCCC2)nc1. The van der Waals surface area contributed by atoms with E-state index in [2.05, 4.69) is 10.3 Å². The van der Waals surface area contributed by atoms with Gasteiger partial charge in [-0.25, -0.2) is 0 Å². The van der Waals surface area contributed by atoms with Crippen molar-refractivity contribution in [2.45, 2.75) is 32.1 Å². The summed E-state index contributed by atoms with van der Waals surface area (Å²) in [5.41, 5.74) is 5.73. The molecule has 1 saturated carbocycles. The third kappa shape index (κ3) is 3.77. The van der Waals surface area contributed by atoms with Crippen molar-refractivity contribution in [3.05, 3.63) is 29.6 Å². The minimum absolute atomic E-state index is 0.200. The van der Waals surface area contributed by atoms with Gasteiger partial charge in [-0.15, -0.1) is 0 Å². The molecular formula is C14H19N3O2. The fourth-order valence-electron chi connectivity index (χ4n) is 2.45. The molecule has 0 aliphatic heterocycles. The number of pyridine rings is 1. The Kier molecular flexibility index (Phi) is 4.49. The van der Waals surface area contributed by atoms with Crippen LogP contribution < -0.4 is 11.1 Å². The van der Waals surface area contributed by atoms with Crippen LogP contribution in [0.1, 0.15) is 53.0 Å². The maximum absolute atomic E-state index is 11.8. The van der Waals surface area contributed by atoms with Crippen LogP contribution in [0.15, 0.2) is 18.3 Å². The first-order chi connectivity index (χ1) is 9.16. The highest BCUT2D eigenvalue weighted by Crippen LogP contribution is 2.26. The van der Waals surface area contributed by atoms with Crippen LogP contribution in [0.5, 0.6) is 0 Å². The molecule has 102 valence electrons. The molecule has 5 heteroatoms. The van der Waals surface area contributed by atoms with Crippen LogP contribution in [0.25, 0.3) is 0 Å². The summed E-state index contributed by atoms with van der Waals surface area (Å²) in [6.45, 7) is 0.683. The van der Waals surface area contributed by atoms with E-state index in [0.717, 1.165) is 12.3 Å². The van der Waals surface area contributed by atoms with Crippen LogP contribution in [-0.4, -0.2) is 23.3 Å². The number of hydrogen-bond donors (Lipinski definition) is 2. The van der Waals surface area contributed by atoms with E-state index >= 15 is 0 Å². The van der Waals surface area contributed by atoms with Gasteiger partial charge < -0.3 is 11.1 Å². The first kappa shape index (κ1) is 13.5. The summed E-state index contributed by atoms with van der Waals surface area (Å²) in [4.78, 5) is 26.6. The Morgan fingerprint density at radius 2 is 2.05 bits per heavy atom. The lowest BCUT2D eigenvalue weighted by Crippen LogP contribution is -2.26. The molecular weight excluding hydrogens is 242 g/mol. The minimum atomic E-state index is -0.541. The fraction of sp³-hybridized carbons (Fsp3) is 0.500. The first-order valence-electron chi connectivity index (χ1n) is 6.71. The Balaban J connectivity index is 1.80. The highest BCUT2D eigenvalue weighted by atomic mass is 16.2. The van der Waals surface area contributed by atoms with Gasteiger partial charge >= 0.3 is 0 Å². The maximum Gasteiger partial charge on any atom is 0.269 e. The van der Waals surface area contributed by atoms with Crippen LogP contribution in [0.2, 0.25) is 0 Å². The maximum atomic E-state index is 11.8. The van der Waals surface area contributed by atoms with Gasteiger partial charge in [0.1, 0.15) is 5.69 Å². The number of aromatic nitrogens is 1. The quantitative estimate of drug-likeness (QED) is 0.842. The molecule has 1 aromatic rings. The second kappa shape index (κ2) is 6.31. The van der Waals surface area contributed by atoms with Gasteiger partial charge in [0.15, 0.2) is 0 Å². The number of carbonyl (C=O) groups excluding carboxylic acids is 2. The number of carbonyl (C=O) groups is 2. The van der Waals surface area contributed by atoms with Gasteiger partial charge in [-0.2, -0.15) is 0 Å². The number of hydrogen-bond acceptors (Lipinski definition) is 3. The Morgan fingerprint density at radius 3 is 2.63 bits per heavy atom. The van der Waals surface area contributed by atoms with Gasteiger partial charge in [-0.05, 0) is 24.5 Å². The smallest absolute Gasteiger partial charge is 0.269 e. The normalized spacial score (nSPS) is 15.4. The predicted octanol–water partition coefficient (Wildman–Crippen LogP) is 1.49. The molecule has 1 heterocycles. The predicted molar refractivity (Wildman–Crippen MR) is 71.7 cm³/mol. The lowest BCUT2D eigenvalue weighted by molar-refractivity contribution is 0.0943. The van der Waals surface area contributed by atoms with E-state index in [4.69, 9.17) is 5.73 Å². The Morgan fingerprint density at radius 1 is 1.32 bits per heavy atom. The van der Waals surface area contributed by atoms with Crippen molar-refractivity contribution >= 4 is 11.8 Å². The molecule has 3 N–H and O–H groups in total. The van der Waals surface area contributed by atoms with E-state index in [0.29, 0.717) is 17.8 Å². The van der Waals surface area contributed by atoms with E-state index in [1.807, 2.05) is 0 Å². The van der Waals surface area contributed by atoms with Gasteiger partial charge in [0, 0.05) is 12.7 Å². The average molecular weight is 261 g/mol. The Labute approximate surface area is 112 Å². The third-order valence-electron chi connectivity index (χ3n) is 3.59. The molecule has 1 aliphatic carbocycles. The number of rotatable bonds is 5. The zero-order valence-corrected chi connectivity index (χ0v) is 10.9. The van der Waals surface area contributed by atoms with E-state index in [-0.39, 0.29) is 5.91 Å². The van der Waals surface area contributed by atoms with Crippen molar-refractivity contribution in [2.75, 3.05) is 6.54 Å². The molecule has 1 fully saturated rings. The number of amides is 2. The molecule has 0 bridgehead atoms. The summed E-state index contributed by atoms with van der Waals surface area (Å²) >= 11 is 0. The number of nitrogens with zero attached hydrogens (tertiary/aromatic N) is 1. The summed E-state index contributed by atoms with van der Waals surface area (Å²) in [5, 5.41) is 2.86. The topological polar surface area (TPSA) is 85.1 Å².